The topological polar surface area (TPSA) is 58.4 Å². The van der Waals surface area contributed by atoms with Crippen molar-refractivity contribution in [1.82, 2.24) is 14.7 Å². The third-order valence-corrected chi connectivity index (χ3v) is 3.77. The summed E-state index contributed by atoms with van der Waals surface area (Å²) in [6.07, 6.45) is 6.58. The van der Waals surface area contributed by atoms with Gasteiger partial charge in [0.15, 0.2) is 0 Å². The van der Waals surface area contributed by atoms with E-state index in [4.69, 9.17) is 5.11 Å². The Hall–Kier alpha value is -1.36. The molecule has 5 heteroatoms. The van der Waals surface area contributed by atoms with Gasteiger partial charge in [-0.25, -0.2) is 0 Å². The van der Waals surface area contributed by atoms with Crippen LogP contribution in [0.2, 0.25) is 0 Å². The summed E-state index contributed by atoms with van der Waals surface area (Å²) in [5.74, 6) is -0.0736. The molecule has 1 saturated heterocycles. The van der Waals surface area contributed by atoms with Gasteiger partial charge in [0.2, 0.25) is 0 Å². The van der Waals surface area contributed by atoms with Crippen molar-refractivity contribution in [3.05, 3.63) is 18.5 Å². The average Bonchev–Trinajstić information content (AvgIpc) is 2.84. The number of carboxylic acid groups (broad SMARTS) is 1. The maximum atomic E-state index is 11.1. The number of hydrogen-bond donors (Lipinski definition) is 1. The third kappa shape index (κ3) is 3.10. The van der Waals surface area contributed by atoms with E-state index in [9.17, 15) is 4.79 Å². The van der Waals surface area contributed by atoms with Gasteiger partial charge in [0.25, 0.3) is 0 Å². The number of likely N-dealkylation sites (tertiary alicyclic amines) is 1. The largest absolute Gasteiger partial charge is 0.480 e. The Morgan fingerprint density at radius 3 is 2.72 bits per heavy atom. The zero-order valence-corrected chi connectivity index (χ0v) is 10.8. The van der Waals surface area contributed by atoms with Gasteiger partial charge in [0.05, 0.1) is 0 Å². The molecule has 0 amide bonds. The average molecular weight is 251 g/mol. The summed E-state index contributed by atoms with van der Waals surface area (Å²) in [6.45, 7) is 4.66. The monoisotopic (exact) mass is 251 g/mol. The summed E-state index contributed by atoms with van der Waals surface area (Å²) in [5.41, 5.74) is 0. The number of hydrogen-bond acceptors (Lipinski definition) is 3. The van der Waals surface area contributed by atoms with Crippen molar-refractivity contribution in [2.75, 3.05) is 13.1 Å². The lowest BCUT2D eigenvalue weighted by Crippen LogP contribution is -2.45. The van der Waals surface area contributed by atoms with Crippen LogP contribution in [0.25, 0.3) is 0 Å². The SMILES string of the molecule is CCC(C(=O)O)N1CCC(Cn2cccn2)CC1. The molecule has 1 aliphatic heterocycles. The Labute approximate surface area is 107 Å². The molecule has 1 fully saturated rings. The van der Waals surface area contributed by atoms with Crippen LogP contribution in [0, 0.1) is 5.92 Å². The van der Waals surface area contributed by atoms with Gasteiger partial charge in [0, 0.05) is 18.9 Å². The summed E-state index contributed by atoms with van der Waals surface area (Å²) >= 11 is 0. The highest BCUT2D eigenvalue weighted by atomic mass is 16.4. The van der Waals surface area contributed by atoms with Crippen LogP contribution in [0.3, 0.4) is 0 Å². The lowest BCUT2D eigenvalue weighted by molar-refractivity contribution is -0.144. The molecule has 18 heavy (non-hydrogen) atoms. The molecular formula is C13H21N3O2. The van der Waals surface area contributed by atoms with E-state index in [0.29, 0.717) is 12.3 Å². The second-order valence-electron chi connectivity index (χ2n) is 4.97. The Bertz CT molecular complexity index is 370. The summed E-state index contributed by atoms with van der Waals surface area (Å²) in [7, 11) is 0. The lowest BCUT2D eigenvalue weighted by Gasteiger charge is -2.35. The van der Waals surface area contributed by atoms with Crippen LogP contribution in [-0.4, -0.2) is 44.9 Å². The van der Waals surface area contributed by atoms with Gasteiger partial charge < -0.3 is 5.11 Å². The third-order valence-electron chi connectivity index (χ3n) is 3.77. The van der Waals surface area contributed by atoms with Gasteiger partial charge in [0.1, 0.15) is 6.04 Å². The fourth-order valence-electron chi connectivity index (χ4n) is 2.71. The van der Waals surface area contributed by atoms with Gasteiger partial charge in [-0.15, -0.1) is 0 Å². The zero-order chi connectivity index (χ0) is 13.0. The van der Waals surface area contributed by atoms with Gasteiger partial charge in [-0.1, -0.05) is 6.92 Å². The van der Waals surface area contributed by atoms with Gasteiger partial charge in [-0.2, -0.15) is 5.10 Å². The van der Waals surface area contributed by atoms with Crippen LogP contribution in [0.15, 0.2) is 18.5 Å². The molecule has 100 valence electrons. The van der Waals surface area contributed by atoms with Crippen LogP contribution in [0.1, 0.15) is 26.2 Å². The molecule has 1 atom stereocenters. The van der Waals surface area contributed by atoms with E-state index in [-0.39, 0.29) is 6.04 Å². The molecule has 0 saturated carbocycles. The van der Waals surface area contributed by atoms with E-state index >= 15 is 0 Å². The van der Waals surface area contributed by atoms with Crippen molar-refractivity contribution in [1.29, 1.82) is 0 Å². The molecule has 5 nitrogen and oxygen atoms in total. The maximum Gasteiger partial charge on any atom is 0.320 e. The standard InChI is InChI=1S/C13H21N3O2/c1-2-12(13(17)18)15-8-4-11(5-9-15)10-16-7-3-6-14-16/h3,6-7,11-12H,2,4-5,8-10H2,1H3,(H,17,18). The molecule has 1 aliphatic rings. The molecule has 1 N–H and O–H groups in total. The number of nitrogens with zero attached hydrogens (tertiary/aromatic N) is 3. The van der Waals surface area contributed by atoms with Crippen LogP contribution in [0.5, 0.6) is 0 Å². The minimum atomic E-state index is -0.692. The zero-order valence-electron chi connectivity index (χ0n) is 10.8. The fourth-order valence-corrected chi connectivity index (χ4v) is 2.71. The quantitative estimate of drug-likeness (QED) is 0.860. The number of rotatable bonds is 5. The second-order valence-corrected chi connectivity index (χ2v) is 4.97. The summed E-state index contributed by atoms with van der Waals surface area (Å²) in [4.78, 5) is 13.2. The minimum absolute atomic E-state index is 0.310. The lowest BCUT2D eigenvalue weighted by atomic mass is 9.95. The van der Waals surface area contributed by atoms with Gasteiger partial charge >= 0.3 is 5.97 Å². The molecule has 0 aliphatic carbocycles. The van der Waals surface area contributed by atoms with Crippen LogP contribution >= 0.6 is 0 Å². The van der Waals surface area contributed by atoms with Crippen molar-refractivity contribution in [3.8, 4) is 0 Å². The number of carbonyl (C=O) groups is 1. The molecule has 2 heterocycles. The predicted molar refractivity (Wildman–Crippen MR) is 68.2 cm³/mol. The predicted octanol–water partition coefficient (Wildman–Crippen LogP) is 1.46. The smallest absolute Gasteiger partial charge is 0.320 e. The molecule has 0 bridgehead atoms. The first kappa shape index (κ1) is 13.1. The van der Waals surface area contributed by atoms with Crippen molar-refractivity contribution in [2.24, 2.45) is 5.92 Å². The maximum absolute atomic E-state index is 11.1. The van der Waals surface area contributed by atoms with E-state index in [2.05, 4.69) is 10.00 Å². The number of piperidine rings is 1. The van der Waals surface area contributed by atoms with Crippen molar-refractivity contribution < 1.29 is 9.90 Å². The normalized spacial score (nSPS) is 19.8. The highest BCUT2D eigenvalue weighted by molar-refractivity contribution is 5.73. The Kier molecular flexibility index (Phi) is 4.36. The number of aromatic nitrogens is 2. The summed E-state index contributed by atoms with van der Waals surface area (Å²) < 4.78 is 1.97. The van der Waals surface area contributed by atoms with E-state index in [1.165, 1.54) is 0 Å². The van der Waals surface area contributed by atoms with Crippen LogP contribution in [-0.2, 0) is 11.3 Å². The molecule has 1 unspecified atom stereocenters. The minimum Gasteiger partial charge on any atom is -0.480 e. The molecule has 1 aromatic heterocycles. The van der Waals surface area contributed by atoms with Crippen molar-refractivity contribution in [3.63, 3.8) is 0 Å². The highest BCUT2D eigenvalue weighted by Gasteiger charge is 2.28. The molecule has 1 aromatic rings. The molecule has 0 spiro atoms. The van der Waals surface area contributed by atoms with E-state index in [0.717, 1.165) is 32.5 Å². The van der Waals surface area contributed by atoms with E-state index in [1.807, 2.05) is 23.9 Å². The van der Waals surface area contributed by atoms with Gasteiger partial charge in [-0.05, 0) is 44.3 Å². The van der Waals surface area contributed by atoms with Gasteiger partial charge in [-0.3, -0.25) is 14.4 Å². The first-order valence-electron chi connectivity index (χ1n) is 6.65. The van der Waals surface area contributed by atoms with Crippen LogP contribution in [0.4, 0.5) is 0 Å². The van der Waals surface area contributed by atoms with Crippen molar-refractivity contribution in [2.45, 2.75) is 38.8 Å². The Morgan fingerprint density at radius 1 is 1.50 bits per heavy atom. The summed E-state index contributed by atoms with van der Waals surface area (Å²) in [5, 5.41) is 13.4. The van der Waals surface area contributed by atoms with E-state index in [1.54, 1.807) is 6.20 Å². The second kappa shape index (κ2) is 6.00. The number of carboxylic acids is 1. The van der Waals surface area contributed by atoms with Crippen molar-refractivity contribution >= 4 is 5.97 Å². The molecule has 0 aromatic carbocycles. The van der Waals surface area contributed by atoms with Crippen LogP contribution < -0.4 is 0 Å². The number of aliphatic carboxylic acids is 1. The Balaban J connectivity index is 1.82. The van der Waals surface area contributed by atoms with E-state index < -0.39 is 5.97 Å². The molecule has 2 rings (SSSR count). The summed E-state index contributed by atoms with van der Waals surface area (Å²) in [6, 6.07) is 1.63. The molecular weight excluding hydrogens is 230 g/mol. The fraction of sp³-hybridized carbons (Fsp3) is 0.692. The first-order chi connectivity index (χ1) is 8.70. The Morgan fingerprint density at radius 2 is 2.22 bits per heavy atom. The highest BCUT2D eigenvalue weighted by Crippen LogP contribution is 2.21. The molecule has 0 radical (unpaired) electrons. The first-order valence-corrected chi connectivity index (χ1v) is 6.65.